The zero-order valence-electron chi connectivity index (χ0n) is 14.3. The Hall–Kier alpha value is -2.38. The third-order valence-corrected chi connectivity index (χ3v) is 5.11. The lowest BCUT2D eigenvalue weighted by Gasteiger charge is -2.15. The summed E-state index contributed by atoms with van der Waals surface area (Å²) in [5, 5.41) is 10.9. The molecule has 7 heteroatoms. The Morgan fingerprint density at radius 3 is 2.73 bits per heavy atom. The second-order valence-corrected chi connectivity index (χ2v) is 7.70. The third-order valence-electron chi connectivity index (χ3n) is 3.74. The van der Waals surface area contributed by atoms with Crippen LogP contribution in [0.25, 0.3) is 16.8 Å². The molecule has 1 fully saturated rings. The molecular formula is C19H17NO4S2. The van der Waals surface area contributed by atoms with Gasteiger partial charge in [0.05, 0.1) is 11.0 Å². The number of fused-ring (bicyclic) bond motifs is 1. The highest BCUT2D eigenvalue weighted by Crippen LogP contribution is 2.37. The number of thioether (sulfide) groups is 1. The summed E-state index contributed by atoms with van der Waals surface area (Å²) in [6.45, 7) is 3.43. The van der Waals surface area contributed by atoms with Crippen LogP contribution in [0.4, 0.5) is 0 Å². The first kappa shape index (κ1) is 18.4. The highest BCUT2D eigenvalue weighted by Gasteiger charge is 2.33. The lowest BCUT2D eigenvalue weighted by atomic mass is 10.0. The summed E-state index contributed by atoms with van der Waals surface area (Å²) in [5.74, 6) is -0.829. The molecule has 0 saturated carbocycles. The van der Waals surface area contributed by atoms with Crippen molar-refractivity contribution in [2.24, 2.45) is 0 Å². The summed E-state index contributed by atoms with van der Waals surface area (Å²) < 4.78 is 6.16. The molecular weight excluding hydrogens is 370 g/mol. The van der Waals surface area contributed by atoms with E-state index in [1.807, 2.05) is 50.2 Å². The molecule has 1 heterocycles. The minimum atomic E-state index is -1.10. The molecule has 1 amide bonds. The minimum absolute atomic E-state index is 0.0233. The summed E-state index contributed by atoms with van der Waals surface area (Å²) in [4.78, 5) is 25.0. The van der Waals surface area contributed by atoms with Gasteiger partial charge in [-0.2, -0.15) is 0 Å². The van der Waals surface area contributed by atoms with Crippen LogP contribution in [0.2, 0.25) is 0 Å². The molecule has 0 aromatic heterocycles. The topological polar surface area (TPSA) is 66.8 Å². The Morgan fingerprint density at radius 1 is 1.31 bits per heavy atom. The highest BCUT2D eigenvalue weighted by molar-refractivity contribution is 8.26. The van der Waals surface area contributed by atoms with Crippen molar-refractivity contribution in [3.05, 3.63) is 46.9 Å². The number of benzene rings is 2. The molecule has 1 aliphatic rings. The molecule has 2 aromatic rings. The maximum Gasteiger partial charge on any atom is 0.323 e. The van der Waals surface area contributed by atoms with Crippen molar-refractivity contribution in [3.8, 4) is 5.75 Å². The maximum absolute atomic E-state index is 12.6. The van der Waals surface area contributed by atoms with Crippen molar-refractivity contribution in [1.29, 1.82) is 0 Å². The van der Waals surface area contributed by atoms with Gasteiger partial charge in [-0.05, 0) is 36.8 Å². The number of nitrogens with zero attached hydrogens (tertiary/aromatic N) is 1. The molecule has 134 valence electrons. The van der Waals surface area contributed by atoms with Crippen LogP contribution in [0.3, 0.4) is 0 Å². The van der Waals surface area contributed by atoms with Crippen LogP contribution in [0.1, 0.15) is 19.4 Å². The summed E-state index contributed by atoms with van der Waals surface area (Å²) in [5.41, 5.74) is 0.785. The van der Waals surface area contributed by atoms with Gasteiger partial charge in [0, 0.05) is 5.56 Å². The number of carbonyl (C=O) groups is 2. The molecule has 0 radical (unpaired) electrons. The molecule has 3 rings (SSSR count). The molecule has 0 aliphatic carbocycles. The van der Waals surface area contributed by atoms with Crippen LogP contribution in [-0.4, -0.2) is 38.9 Å². The zero-order chi connectivity index (χ0) is 18.8. The van der Waals surface area contributed by atoms with E-state index in [0.29, 0.717) is 10.7 Å². The van der Waals surface area contributed by atoms with Crippen molar-refractivity contribution in [2.75, 3.05) is 6.54 Å². The quantitative estimate of drug-likeness (QED) is 0.620. The number of ether oxygens (including phenoxy) is 1. The second-order valence-electron chi connectivity index (χ2n) is 6.03. The average Bonchev–Trinajstić information content (AvgIpc) is 2.83. The Morgan fingerprint density at radius 2 is 2.04 bits per heavy atom. The van der Waals surface area contributed by atoms with Crippen LogP contribution in [0.15, 0.2) is 41.3 Å². The zero-order valence-corrected chi connectivity index (χ0v) is 15.9. The SMILES string of the molecule is CC(C)Oc1ccc2ccccc2c1/C=C1\SC(=S)N(CC(=O)O)C1=O. The lowest BCUT2D eigenvalue weighted by molar-refractivity contribution is -0.140. The number of carboxylic acids is 1. The number of carboxylic acid groups (broad SMARTS) is 1. The van der Waals surface area contributed by atoms with Crippen LogP contribution in [-0.2, 0) is 9.59 Å². The predicted molar refractivity (Wildman–Crippen MR) is 107 cm³/mol. The van der Waals surface area contributed by atoms with Gasteiger partial charge in [-0.15, -0.1) is 0 Å². The minimum Gasteiger partial charge on any atom is -0.490 e. The standard InChI is InChI=1S/C19H17NO4S2/c1-11(2)24-15-8-7-12-5-3-4-6-13(12)14(15)9-16-18(23)20(10-17(21)22)19(25)26-16/h3-9,11H,10H2,1-2H3,(H,21,22)/b16-9-. The van der Waals surface area contributed by atoms with Gasteiger partial charge < -0.3 is 9.84 Å². The van der Waals surface area contributed by atoms with Crippen molar-refractivity contribution in [1.82, 2.24) is 4.90 Å². The van der Waals surface area contributed by atoms with Crippen LogP contribution >= 0.6 is 24.0 Å². The number of amides is 1. The van der Waals surface area contributed by atoms with Crippen molar-refractivity contribution >= 4 is 57.0 Å². The molecule has 26 heavy (non-hydrogen) atoms. The van der Waals surface area contributed by atoms with Crippen molar-refractivity contribution in [2.45, 2.75) is 20.0 Å². The highest BCUT2D eigenvalue weighted by atomic mass is 32.2. The molecule has 2 aromatic carbocycles. The lowest BCUT2D eigenvalue weighted by Crippen LogP contribution is -2.33. The Kier molecular flexibility index (Phi) is 5.29. The van der Waals surface area contributed by atoms with E-state index < -0.39 is 18.4 Å². The summed E-state index contributed by atoms with van der Waals surface area (Å²) in [7, 11) is 0. The number of hydrogen-bond acceptors (Lipinski definition) is 5. The molecule has 1 saturated heterocycles. The fourth-order valence-corrected chi connectivity index (χ4v) is 3.92. The normalized spacial score (nSPS) is 16.1. The van der Waals surface area contributed by atoms with E-state index in [-0.39, 0.29) is 10.4 Å². The van der Waals surface area contributed by atoms with E-state index >= 15 is 0 Å². The largest absolute Gasteiger partial charge is 0.490 e. The van der Waals surface area contributed by atoms with E-state index in [2.05, 4.69) is 0 Å². The van der Waals surface area contributed by atoms with Gasteiger partial charge in [-0.1, -0.05) is 54.3 Å². The Bertz CT molecular complexity index is 936. The summed E-state index contributed by atoms with van der Waals surface area (Å²) in [6, 6.07) is 11.7. The molecule has 0 spiro atoms. The second kappa shape index (κ2) is 7.47. The first-order valence-electron chi connectivity index (χ1n) is 8.02. The molecule has 1 N–H and O–H groups in total. The maximum atomic E-state index is 12.6. The number of carbonyl (C=O) groups excluding carboxylic acids is 1. The summed E-state index contributed by atoms with van der Waals surface area (Å²) >= 11 is 6.27. The number of rotatable bonds is 5. The molecule has 0 atom stereocenters. The van der Waals surface area contributed by atoms with Gasteiger partial charge in [-0.25, -0.2) is 0 Å². The van der Waals surface area contributed by atoms with Gasteiger partial charge in [0.2, 0.25) is 0 Å². The first-order chi connectivity index (χ1) is 12.4. The van der Waals surface area contributed by atoms with Crippen molar-refractivity contribution < 1.29 is 19.4 Å². The fraction of sp³-hybridized carbons (Fsp3) is 0.211. The van der Waals surface area contributed by atoms with Crippen molar-refractivity contribution in [3.63, 3.8) is 0 Å². The number of thiocarbonyl (C=S) groups is 1. The third kappa shape index (κ3) is 3.73. The molecule has 1 aliphatic heterocycles. The monoisotopic (exact) mass is 387 g/mol. The summed E-state index contributed by atoms with van der Waals surface area (Å²) in [6.07, 6.45) is 1.71. The van der Waals surface area contributed by atoms with E-state index in [4.69, 9.17) is 22.1 Å². The fourth-order valence-electron chi connectivity index (χ4n) is 2.68. The van der Waals surface area contributed by atoms with Crippen LogP contribution < -0.4 is 4.74 Å². The predicted octanol–water partition coefficient (Wildman–Crippen LogP) is 3.91. The van der Waals surface area contributed by atoms with Gasteiger partial charge >= 0.3 is 5.97 Å². The van der Waals surface area contributed by atoms with E-state index in [1.165, 1.54) is 0 Å². The van der Waals surface area contributed by atoms with E-state index in [9.17, 15) is 9.59 Å². The Balaban J connectivity index is 2.09. The number of aliphatic carboxylic acids is 1. The molecule has 0 bridgehead atoms. The van der Waals surface area contributed by atoms with Gasteiger partial charge in [0.15, 0.2) is 0 Å². The smallest absolute Gasteiger partial charge is 0.323 e. The Labute approximate surface area is 160 Å². The van der Waals surface area contributed by atoms with Crippen LogP contribution in [0, 0.1) is 0 Å². The molecule has 5 nitrogen and oxygen atoms in total. The molecule has 0 unspecified atom stereocenters. The van der Waals surface area contributed by atoms with Crippen LogP contribution in [0.5, 0.6) is 5.75 Å². The van der Waals surface area contributed by atoms with Gasteiger partial charge in [0.25, 0.3) is 5.91 Å². The van der Waals surface area contributed by atoms with E-state index in [1.54, 1.807) is 6.08 Å². The first-order valence-corrected chi connectivity index (χ1v) is 9.25. The van der Waals surface area contributed by atoms with Gasteiger partial charge in [-0.3, -0.25) is 14.5 Å². The average molecular weight is 387 g/mol. The number of hydrogen-bond donors (Lipinski definition) is 1. The van der Waals surface area contributed by atoms with Gasteiger partial charge in [0.1, 0.15) is 16.6 Å². The van der Waals surface area contributed by atoms with E-state index in [0.717, 1.165) is 33.0 Å².